The highest BCUT2D eigenvalue weighted by molar-refractivity contribution is 9.10. The molecule has 1 aromatic carbocycles. The number of hydrogen-bond donors (Lipinski definition) is 1. The lowest BCUT2D eigenvalue weighted by molar-refractivity contribution is 0.494. The summed E-state index contributed by atoms with van der Waals surface area (Å²) in [5.41, 5.74) is 0.343. The first kappa shape index (κ1) is 10.3. The summed E-state index contributed by atoms with van der Waals surface area (Å²) in [5.74, 6) is 0.473. The summed E-state index contributed by atoms with van der Waals surface area (Å²) >= 11 is 3.27. The molecule has 84 valence electrons. The summed E-state index contributed by atoms with van der Waals surface area (Å²) in [6.45, 7) is 0.677. The fraction of sp³-hybridized carbons (Fsp3) is 0.333. The molecule has 16 heavy (non-hydrogen) atoms. The maximum Gasteiger partial charge on any atom is 0.170 e. The molecule has 1 aliphatic carbocycles. The molecule has 0 atom stereocenters. The Bertz CT molecular complexity index is 533. The van der Waals surface area contributed by atoms with E-state index >= 15 is 0 Å². The number of nitrogens with one attached hydrogen (secondary N) is 1. The van der Waals surface area contributed by atoms with Gasteiger partial charge in [-0.05, 0) is 31.0 Å². The molecule has 0 aliphatic heterocycles. The molecule has 1 aliphatic rings. The summed E-state index contributed by atoms with van der Waals surface area (Å²) in [6, 6.07) is 5.80. The van der Waals surface area contributed by atoms with Crippen molar-refractivity contribution in [2.24, 2.45) is 0 Å². The Labute approximate surface area is 101 Å². The number of benzene rings is 1. The fourth-order valence-corrected chi connectivity index (χ4v) is 2.20. The normalized spacial score (nSPS) is 15.9. The Morgan fingerprint density at radius 1 is 1.38 bits per heavy atom. The maximum atomic E-state index is 13.5. The number of furan rings is 1. The van der Waals surface area contributed by atoms with Gasteiger partial charge >= 0.3 is 0 Å². The van der Waals surface area contributed by atoms with Crippen molar-refractivity contribution < 1.29 is 8.81 Å². The highest BCUT2D eigenvalue weighted by Crippen LogP contribution is 2.27. The van der Waals surface area contributed by atoms with E-state index in [4.69, 9.17) is 4.42 Å². The Morgan fingerprint density at radius 2 is 2.19 bits per heavy atom. The molecule has 0 bridgehead atoms. The summed E-state index contributed by atoms with van der Waals surface area (Å²) in [6.07, 6.45) is 2.47. The Morgan fingerprint density at radius 3 is 2.94 bits per heavy atom. The van der Waals surface area contributed by atoms with Crippen LogP contribution in [-0.4, -0.2) is 6.04 Å². The number of rotatable bonds is 3. The molecule has 2 aromatic rings. The summed E-state index contributed by atoms with van der Waals surface area (Å²) in [7, 11) is 0. The largest absolute Gasteiger partial charge is 0.457 e. The van der Waals surface area contributed by atoms with Gasteiger partial charge in [0.15, 0.2) is 11.4 Å². The third kappa shape index (κ3) is 1.99. The minimum Gasteiger partial charge on any atom is -0.457 e. The third-order valence-electron chi connectivity index (χ3n) is 2.73. The van der Waals surface area contributed by atoms with Gasteiger partial charge < -0.3 is 9.73 Å². The quantitative estimate of drug-likeness (QED) is 0.931. The molecule has 0 radical (unpaired) electrons. The van der Waals surface area contributed by atoms with Gasteiger partial charge in [-0.1, -0.05) is 15.9 Å². The second kappa shape index (κ2) is 3.86. The predicted molar refractivity (Wildman–Crippen MR) is 63.7 cm³/mol. The van der Waals surface area contributed by atoms with Crippen molar-refractivity contribution in [3.05, 3.63) is 34.2 Å². The lowest BCUT2D eigenvalue weighted by Crippen LogP contribution is -2.14. The topological polar surface area (TPSA) is 25.2 Å². The van der Waals surface area contributed by atoms with E-state index in [1.807, 2.05) is 12.1 Å². The maximum absolute atomic E-state index is 13.5. The van der Waals surface area contributed by atoms with Crippen LogP contribution in [0.25, 0.3) is 11.0 Å². The van der Waals surface area contributed by atoms with E-state index in [0.29, 0.717) is 18.2 Å². The van der Waals surface area contributed by atoms with Gasteiger partial charge in [0.05, 0.1) is 6.54 Å². The summed E-state index contributed by atoms with van der Waals surface area (Å²) in [4.78, 5) is 0. The Hall–Kier alpha value is -0.870. The number of halogens is 2. The smallest absolute Gasteiger partial charge is 0.170 e. The average molecular weight is 284 g/mol. The molecular formula is C12H11BrFNO. The standard InChI is InChI=1S/C12H11BrFNO/c13-8-3-7-4-10(6-15-9-1-2-9)16-12(7)11(14)5-8/h3-5,9,15H,1-2,6H2. The van der Waals surface area contributed by atoms with Gasteiger partial charge in [-0.3, -0.25) is 0 Å². The van der Waals surface area contributed by atoms with Crippen molar-refractivity contribution >= 4 is 26.9 Å². The highest BCUT2D eigenvalue weighted by Gasteiger charge is 2.20. The number of hydrogen-bond acceptors (Lipinski definition) is 2. The summed E-state index contributed by atoms with van der Waals surface area (Å²) < 4.78 is 19.7. The van der Waals surface area contributed by atoms with Crippen LogP contribution in [0.15, 0.2) is 27.1 Å². The van der Waals surface area contributed by atoms with Gasteiger partial charge in [0.25, 0.3) is 0 Å². The molecule has 1 N–H and O–H groups in total. The lowest BCUT2D eigenvalue weighted by Gasteiger charge is -1.97. The van der Waals surface area contributed by atoms with Crippen LogP contribution in [0.2, 0.25) is 0 Å². The van der Waals surface area contributed by atoms with Gasteiger partial charge in [0.2, 0.25) is 0 Å². The SMILES string of the molecule is Fc1cc(Br)cc2cc(CNC3CC3)oc12. The van der Waals surface area contributed by atoms with Crippen LogP contribution in [-0.2, 0) is 6.54 Å². The minimum atomic E-state index is -0.318. The first-order valence-electron chi connectivity index (χ1n) is 5.33. The molecule has 2 nitrogen and oxygen atoms in total. The van der Waals surface area contributed by atoms with Crippen LogP contribution in [0.3, 0.4) is 0 Å². The molecule has 1 fully saturated rings. The van der Waals surface area contributed by atoms with Crippen molar-refractivity contribution in [1.82, 2.24) is 5.32 Å². The molecule has 0 spiro atoms. The van der Waals surface area contributed by atoms with Crippen molar-refractivity contribution in [1.29, 1.82) is 0 Å². The first-order chi connectivity index (χ1) is 7.72. The molecule has 0 amide bonds. The zero-order valence-corrected chi connectivity index (χ0v) is 10.2. The van der Waals surface area contributed by atoms with Crippen LogP contribution in [0.5, 0.6) is 0 Å². The van der Waals surface area contributed by atoms with E-state index in [9.17, 15) is 4.39 Å². The molecule has 1 aromatic heterocycles. The van der Waals surface area contributed by atoms with Gasteiger partial charge in [-0.25, -0.2) is 4.39 Å². The van der Waals surface area contributed by atoms with Crippen molar-refractivity contribution in [3.63, 3.8) is 0 Å². The van der Waals surface area contributed by atoms with Crippen LogP contribution >= 0.6 is 15.9 Å². The Kier molecular flexibility index (Phi) is 2.48. The van der Waals surface area contributed by atoms with Crippen LogP contribution < -0.4 is 5.32 Å². The number of fused-ring (bicyclic) bond motifs is 1. The van der Waals surface area contributed by atoms with Crippen LogP contribution in [0.1, 0.15) is 18.6 Å². The van der Waals surface area contributed by atoms with E-state index in [2.05, 4.69) is 21.2 Å². The molecule has 0 unspecified atom stereocenters. The first-order valence-corrected chi connectivity index (χ1v) is 6.12. The minimum absolute atomic E-state index is 0.318. The van der Waals surface area contributed by atoms with Gasteiger partial charge in [-0.15, -0.1) is 0 Å². The third-order valence-corrected chi connectivity index (χ3v) is 3.19. The Balaban J connectivity index is 1.91. The summed E-state index contributed by atoms with van der Waals surface area (Å²) in [5, 5.41) is 4.15. The van der Waals surface area contributed by atoms with Gasteiger partial charge in [0.1, 0.15) is 5.76 Å². The van der Waals surface area contributed by atoms with E-state index < -0.39 is 0 Å². The molecule has 3 rings (SSSR count). The predicted octanol–water partition coefficient (Wildman–Crippen LogP) is 3.59. The lowest BCUT2D eigenvalue weighted by atomic mass is 10.2. The van der Waals surface area contributed by atoms with Crippen molar-refractivity contribution in [2.45, 2.75) is 25.4 Å². The van der Waals surface area contributed by atoms with Crippen molar-refractivity contribution in [3.8, 4) is 0 Å². The van der Waals surface area contributed by atoms with Crippen LogP contribution in [0, 0.1) is 5.82 Å². The van der Waals surface area contributed by atoms with Gasteiger partial charge in [-0.2, -0.15) is 0 Å². The van der Waals surface area contributed by atoms with E-state index in [1.165, 1.54) is 18.9 Å². The van der Waals surface area contributed by atoms with Crippen LogP contribution in [0.4, 0.5) is 4.39 Å². The van der Waals surface area contributed by atoms with Gasteiger partial charge in [0, 0.05) is 15.9 Å². The zero-order chi connectivity index (χ0) is 11.1. The fourth-order valence-electron chi connectivity index (χ4n) is 1.75. The van der Waals surface area contributed by atoms with E-state index in [-0.39, 0.29) is 5.82 Å². The molecule has 4 heteroatoms. The van der Waals surface area contributed by atoms with E-state index in [1.54, 1.807) is 0 Å². The second-order valence-electron chi connectivity index (χ2n) is 4.17. The average Bonchev–Trinajstić information content (AvgIpc) is 2.96. The second-order valence-corrected chi connectivity index (χ2v) is 5.09. The molecule has 1 saturated carbocycles. The zero-order valence-electron chi connectivity index (χ0n) is 8.59. The highest BCUT2D eigenvalue weighted by atomic mass is 79.9. The van der Waals surface area contributed by atoms with Crippen molar-refractivity contribution in [2.75, 3.05) is 0 Å². The monoisotopic (exact) mass is 283 g/mol. The molecule has 0 saturated heterocycles. The van der Waals surface area contributed by atoms with E-state index in [0.717, 1.165) is 15.6 Å². The molecular weight excluding hydrogens is 273 g/mol. The molecule has 1 heterocycles.